The van der Waals surface area contributed by atoms with Crippen LogP contribution in [-0.4, -0.2) is 34.9 Å². The molecule has 0 atom stereocenters. The molecular weight excluding hydrogens is 463 g/mol. The molecule has 0 aromatic carbocycles. The van der Waals surface area contributed by atoms with Crippen LogP contribution in [0.5, 0.6) is 0 Å². The fourth-order valence-corrected chi connectivity index (χ4v) is 2.86. The van der Waals surface area contributed by atoms with Gasteiger partial charge >= 0.3 is 0 Å². The first-order chi connectivity index (χ1) is 12.1. The van der Waals surface area contributed by atoms with Crippen molar-refractivity contribution in [2.45, 2.75) is 33.2 Å². The SMILES string of the molecule is CCNC(=NCC(=O)Nc1cccnc1)NCc1nc(C(C)C)cs1.I. The number of aromatic nitrogens is 2. The van der Waals surface area contributed by atoms with Gasteiger partial charge in [0.25, 0.3) is 0 Å². The number of carbonyl (C=O) groups is 1. The quantitative estimate of drug-likeness (QED) is 0.317. The Morgan fingerprint density at radius 3 is 2.77 bits per heavy atom. The van der Waals surface area contributed by atoms with Crippen LogP contribution in [0.2, 0.25) is 0 Å². The van der Waals surface area contributed by atoms with Crippen molar-refractivity contribution >= 4 is 52.9 Å². The number of pyridine rings is 1. The van der Waals surface area contributed by atoms with Gasteiger partial charge in [0.1, 0.15) is 11.6 Å². The number of hydrogen-bond acceptors (Lipinski definition) is 5. The molecule has 0 aliphatic heterocycles. The molecule has 0 fully saturated rings. The van der Waals surface area contributed by atoms with E-state index in [2.05, 4.69) is 50.1 Å². The van der Waals surface area contributed by atoms with E-state index in [0.29, 0.717) is 30.7 Å². The fourth-order valence-electron chi connectivity index (χ4n) is 1.96. The number of nitrogens with one attached hydrogen (secondary N) is 3. The third kappa shape index (κ3) is 7.65. The van der Waals surface area contributed by atoms with E-state index in [4.69, 9.17) is 0 Å². The van der Waals surface area contributed by atoms with Crippen LogP contribution in [0.4, 0.5) is 5.69 Å². The van der Waals surface area contributed by atoms with Crippen molar-refractivity contribution in [3.8, 4) is 0 Å². The highest BCUT2D eigenvalue weighted by Crippen LogP contribution is 2.17. The second-order valence-corrected chi connectivity index (χ2v) is 6.60. The number of aliphatic imine (C=N–C) groups is 1. The van der Waals surface area contributed by atoms with E-state index in [-0.39, 0.29) is 36.4 Å². The summed E-state index contributed by atoms with van der Waals surface area (Å²) in [5, 5.41) is 12.2. The average Bonchev–Trinajstić information content (AvgIpc) is 3.07. The minimum Gasteiger partial charge on any atom is -0.357 e. The summed E-state index contributed by atoms with van der Waals surface area (Å²) < 4.78 is 0. The average molecular weight is 488 g/mol. The Hall–Kier alpha value is -1.75. The van der Waals surface area contributed by atoms with Crippen LogP contribution < -0.4 is 16.0 Å². The maximum atomic E-state index is 12.0. The molecule has 9 heteroatoms. The Kier molecular flexibility index (Phi) is 10.1. The Bertz CT molecular complexity index is 704. The molecule has 0 aliphatic rings. The molecule has 142 valence electrons. The molecule has 7 nitrogen and oxygen atoms in total. The lowest BCUT2D eigenvalue weighted by Gasteiger charge is -2.10. The molecule has 1 amide bonds. The molecule has 0 saturated heterocycles. The lowest BCUT2D eigenvalue weighted by atomic mass is 10.2. The van der Waals surface area contributed by atoms with Crippen LogP contribution in [-0.2, 0) is 11.3 Å². The first-order valence-corrected chi connectivity index (χ1v) is 9.12. The molecule has 0 spiro atoms. The van der Waals surface area contributed by atoms with Crippen LogP contribution in [0.3, 0.4) is 0 Å². The Morgan fingerprint density at radius 1 is 1.35 bits per heavy atom. The Balaban J connectivity index is 0.00000338. The van der Waals surface area contributed by atoms with Crippen molar-refractivity contribution in [2.75, 3.05) is 18.4 Å². The summed E-state index contributed by atoms with van der Waals surface area (Å²) in [7, 11) is 0. The molecule has 0 saturated carbocycles. The van der Waals surface area contributed by atoms with E-state index >= 15 is 0 Å². The van der Waals surface area contributed by atoms with E-state index in [0.717, 1.165) is 10.7 Å². The third-order valence-corrected chi connectivity index (χ3v) is 4.11. The summed E-state index contributed by atoms with van der Waals surface area (Å²) in [6.45, 7) is 7.54. The van der Waals surface area contributed by atoms with Crippen molar-refractivity contribution in [1.29, 1.82) is 0 Å². The minimum absolute atomic E-state index is 0. The molecule has 3 N–H and O–H groups in total. The van der Waals surface area contributed by atoms with Gasteiger partial charge < -0.3 is 16.0 Å². The van der Waals surface area contributed by atoms with Crippen LogP contribution in [0.25, 0.3) is 0 Å². The van der Waals surface area contributed by atoms with E-state index < -0.39 is 0 Å². The van der Waals surface area contributed by atoms with Crippen molar-refractivity contribution in [2.24, 2.45) is 4.99 Å². The van der Waals surface area contributed by atoms with Crippen molar-refractivity contribution in [3.63, 3.8) is 0 Å². The second kappa shape index (κ2) is 11.8. The van der Waals surface area contributed by atoms with Gasteiger partial charge in [0.2, 0.25) is 5.91 Å². The number of guanidine groups is 1. The monoisotopic (exact) mass is 488 g/mol. The number of amides is 1. The van der Waals surface area contributed by atoms with Gasteiger partial charge in [-0.25, -0.2) is 9.98 Å². The van der Waals surface area contributed by atoms with E-state index in [9.17, 15) is 4.79 Å². The number of anilines is 1. The Labute approximate surface area is 175 Å². The first kappa shape index (κ1) is 22.3. The van der Waals surface area contributed by atoms with E-state index in [1.54, 1.807) is 35.9 Å². The van der Waals surface area contributed by atoms with Gasteiger partial charge in [-0.15, -0.1) is 35.3 Å². The maximum Gasteiger partial charge on any atom is 0.246 e. The predicted molar refractivity (Wildman–Crippen MR) is 117 cm³/mol. The lowest BCUT2D eigenvalue weighted by Crippen LogP contribution is -2.37. The van der Waals surface area contributed by atoms with E-state index in [1.165, 1.54) is 0 Å². The molecule has 2 aromatic rings. The highest BCUT2D eigenvalue weighted by molar-refractivity contribution is 14.0. The number of hydrogen-bond donors (Lipinski definition) is 3. The summed E-state index contributed by atoms with van der Waals surface area (Å²) in [6, 6.07) is 3.55. The zero-order valence-corrected chi connectivity index (χ0v) is 18.3. The largest absolute Gasteiger partial charge is 0.357 e. The predicted octanol–water partition coefficient (Wildman–Crippen LogP) is 2.97. The standard InChI is InChI=1S/C17H24N6OS.HI/c1-4-19-17(21-10-16-23-14(11-25-16)12(2)3)20-9-15(24)22-13-6-5-7-18-8-13;/h5-8,11-12H,4,9-10H2,1-3H3,(H,22,24)(H2,19,20,21);1H. The highest BCUT2D eigenvalue weighted by atomic mass is 127. The first-order valence-electron chi connectivity index (χ1n) is 8.24. The normalized spacial score (nSPS) is 11.0. The fraction of sp³-hybridized carbons (Fsp3) is 0.412. The minimum atomic E-state index is -0.193. The van der Waals surface area contributed by atoms with Gasteiger partial charge in [-0.2, -0.15) is 0 Å². The molecular formula is C17H25IN6OS. The topological polar surface area (TPSA) is 91.3 Å². The molecule has 26 heavy (non-hydrogen) atoms. The number of nitrogens with zero attached hydrogens (tertiary/aromatic N) is 3. The highest BCUT2D eigenvalue weighted by Gasteiger charge is 2.07. The van der Waals surface area contributed by atoms with Gasteiger partial charge in [0, 0.05) is 18.1 Å². The van der Waals surface area contributed by atoms with Crippen LogP contribution in [0, 0.1) is 0 Å². The molecule has 2 heterocycles. The summed E-state index contributed by atoms with van der Waals surface area (Å²) in [5.41, 5.74) is 1.75. The van der Waals surface area contributed by atoms with Crippen molar-refractivity contribution < 1.29 is 4.79 Å². The molecule has 2 aromatic heterocycles. The summed E-state index contributed by atoms with van der Waals surface area (Å²) >= 11 is 1.62. The van der Waals surface area contributed by atoms with Crippen molar-refractivity contribution in [3.05, 3.63) is 40.6 Å². The summed E-state index contributed by atoms with van der Waals surface area (Å²) in [4.78, 5) is 24.8. The number of rotatable bonds is 7. The number of halogens is 1. The second-order valence-electron chi connectivity index (χ2n) is 5.66. The van der Waals surface area contributed by atoms with Gasteiger partial charge in [-0.3, -0.25) is 9.78 Å². The van der Waals surface area contributed by atoms with Gasteiger partial charge in [0.05, 0.1) is 24.1 Å². The number of thiazole rings is 1. The van der Waals surface area contributed by atoms with Crippen LogP contribution in [0.15, 0.2) is 34.9 Å². The zero-order chi connectivity index (χ0) is 18.1. The molecule has 2 rings (SSSR count). The smallest absolute Gasteiger partial charge is 0.246 e. The van der Waals surface area contributed by atoms with E-state index in [1.807, 2.05) is 6.92 Å². The molecule has 0 unspecified atom stereocenters. The summed E-state index contributed by atoms with van der Waals surface area (Å²) in [5.74, 6) is 0.815. The van der Waals surface area contributed by atoms with Gasteiger partial charge in [0.15, 0.2) is 5.96 Å². The summed E-state index contributed by atoms with van der Waals surface area (Å²) in [6.07, 6.45) is 3.25. The molecule has 0 aliphatic carbocycles. The van der Waals surface area contributed by atoms with Gasteiger partial charge in [-0.05, 0) is 25.0 Å². The molecule has 0 radical (unpaired) electrons. The van der Waals surface area contributed by atoms with Crippen LogP contribution >= 0.6 is 35.3 Å². The van der Waals surface area contributed by atoms with Gasteiger partial charge in [-0.1, -0.05) is 13.8 Å². The zero-order valence-electron chi connectivity index (χ0n) is 15.2. The molecule has 0 bridgehead atoms. The van der Waals surface area contributed by atoms with Crippen LogP contribution in [0.1, 0.15) is 37.4 Å². The van der Waals surface area contributed by atoms with Crippen molar-refractivity contribution in [1.82, 2.24) is 20.6 Å². The lowest BCUT2D eigenvalue weighted by molar-refractivity contribution is -0.114. The Morgan fingerprint density at radius 2 is 2.15 bits per heavy atom. The third-order valence-electron chi connectivity index (χ3n) is 3.24. The maximum absolute atomic E-state index is 12.0. The number of carbonyl (C=O) groups excluding carboxylic acids is 1.